The second kappa shape index (κ2) is 2.65. The molecule has 1 aliphatic carbocycles. The first kappa shape index (κ1) is 8.26. The van der Waals surface area contributed by atoms with Gasteiger partial charge in [0.2, 0.25) is 5.78 Å². The Balaban J connectivity index is 2.50. The minimum Gasteiger partial charge on any atom is -0.302 e. The van der Waals surface area contributed by atoms with Crippen LogP contribution in [0.4, 0.5) is 0 Å². The third-order valence-corrected chi connectivity index (χ3v) is 2.05. The summed E-state index contributed by atoms with van der Waals surface area (Å²) in [7, 11) is 0. The molecule has 1 aliphatic rings. The van der Waals surface area contributed by atoms with E-state index < -0.39 is 5.54 Å². The van der Waals surface area contributed by atoms with E-state index in [-0.39, 0.29) is 5.78 Å². The molecule has 11 heavy (non-hydrogen) atoms. The molecule has 0 amide bonds. The SMILES string of the molecule is [C-]#[N+]C1(C(=O)CC(C)C)CC1. The summed E-state index contributed by atoms with van der Waals surface area (Å²) in [6.45, 7) is 10.9. The number of carbonyl (C=O) groups is 1. The van der Waals surface area contributed by atoms with Gasteiger partial charge in [-0.25, -0.2) is 6.57 Å². The minimum atomic E-state index is -0.565. The van der Waals surface area contributed by atoms with Gasteiger partial charge in [-0.05, 0) is 5.92 Å². The lowest BCUT2D eigenvalue weighted by Crippen LogP contribution is -2.19. The van der Waals surface area contributed by atoms with Gasteiger partial charge in [-0.15, -0.1) is 0 Å². The van der Waals surface area contributed by atoms with Gasteiger partial charge >= 0.3 is 0 Å². The van der Waals surface area contributed by atoms with E-state index in [1.165, 1.54) is 0 Å². The van der Waals surface area contributed by atoms with Crippen LogP contribution in [0.3, 0.4) is 0 Å². The molecule has 0 bridgehead atoms. The topological polar surface area (TPSA) is 21.4 Å². The first-order valence-electron chi connectivity index (χ1n) is 4.02. The molecule has 2 nitrogen and oxygen atoms in total. The van der Waals surface area contributed by atoms with Crippen LogP contribution in [-0.4, -0.2) is 11.3 Å². The molecule has 0 aliphatic heterocycles. The highest BCUT2D eigenvalue weighted by Crippen LogP contribution is 2.42. The highest BCUT2D eigenvalue weighted by atomic mass is 16.1. The van der Waals surface area contributed by atoms with Crippen molar-refractivity contribution in [3.05, 3.63) is 11.4 Å². The van der Waals surface area contributed by atoms with Crippen LogP contribution in [-0.2, 0) is 4.79 Å². The van der Waals surface area contributed by atoms with Crippen LogP contribution in [0, 0.1) is 12.5 Å². The third kappa shape index (κ3) is 1.59. The number of carbonyl (C=O) groups excluding carboxylic acids is 1. The lowest BCUT2D eigenvalue weighted by molar-refractivity contribution is -0.120. The summed E-state index contributed by atoms with van der Waals surface area (Å²) in [6, 6.07) is 0. The molecule has 2 heteroatoms. The van der Waals surface area contributed by atoms with E-state index in [2.05, 4.69) is 4.85 Å². The maximum atomic E-state index is 11.4. The smallest absolute Gasteiger partial charge is 0.290 e. The van der Waals surface area contributed by atoms with Crippen molar-refractivity contribution in [2.45, 2.75) is 38.6 Å². The summed E-state index contributed by atoms with van der Waals surface area (Å²) < 4.78 is 0. The summed E-state index contributed by atoms with van der Waals surface area (Å²) in [6.07, 6.45) is 2.16. The zero-order valence-electron chi connectivity index (χ0n) is 7.05. The van der Waals surface area contributed by atoms with E-state index in [1.807, 2.05) is 13.8 Å². The van der Waals surface area contributed by atoms with Gasteiger partial charge in [-0.1, -0.05) is 13.8 Å². The summed E-state index contributed by atoms with van der Waals surface area (Å²) in [5.41, 5.74) is -0.565. The van der Waals surface area contributed by atoms with Crippen LogP contribution >= 0.6 is 0 Å². The minimum absolute atomic E-state index is 0.155. The fourth-order valence-electron chi connectivity index (χ4n) is 1.13. The Hall–Kier alpha value is -0.840. The molecule has 0 heterocycles. The maximum Gasteiger partial charge on any atom is 0.290 e. The van der Waals surface area contributed by atoms with Crippen molar-refractivity contribution in [1.82, 2.24) is 0 Å². The number of nitrogens with zero attached hydrogens (tertiary/aromatic N) is 1. The van der Waals surface area contributed by atoms with E-state index >= 15 is 0 Å². The molecule has 0 radical (unpaired) electrons. The summed E-state index contributed by atoms with van der Waals surface area (Å²) in [4.78, 5) is 14.7. The van der Waals surface area contributed by atoms with E-state index in [4.69, 9.17) is 6.57 Å². The summed E-state index contributed by atoms with van der Waals surface area (Å²) >= 11 is 0. The van der Waals surface area contributed by atoms with E-state index in [0.717, 1.165) is 12.8 Å². The molecule has 0 aromatic carbocycles. The van der Waals surface area contributed by atoms with Crippen molar-refractivity contribution in [2.75, 3.05) is 0 Å². The Kier molecular flexibility index (Phi) is 1.99. The van der Waals surface area contributed by atoms with Crippen molar-refractivity contribution in [1.29, 1.82) is 0 Å². The van der Waals surface area contributed by atoms with Gasteiger partial charge in [-0.2, -0.15) is 0 Å². The molecule has 0 atom stereocenters. The van der Waals surface area contributed by atoms with E-state index in [1.54, 1.807) is 0 Å². The first-order valence-corrected chi connectivity index (χ1v) is 4.02. The molecule has 0 saturated heterocycles. The average molecular weight is 151 g/mol. The van der Waals surface area contributed by atoms with Gasteiger partial charge in [0.15, 0.2) is 0 Å². The predicted molar refractivity (Wildman–Crippen MR) is 43.0 cm³/mol. The van der Waals surface area contributed by atoms with Crippen LogP contribution in [0.15, 0.2) is 0 Å². The van der Waals surface area contributed by atoms with Gasteiger partial charge in [0.05, 0.1) is 0 Å². The molecule has 60 valence electrons. The molecule has 0 aromatic heterocycles. The van der Waals surface area contributed by atoms with E-state index in [9.17, 15) is 4.79 Å². The van der Waals surface area contributed by atoms with E-state index in [0.29, 0.717) is 12.3 Å². The molecular formula is C9H13NO. The van der Waals surface area contributed by atoms with Gasteiger partial charge in [-0.3, -0.25) is 4.79 Å². The molecule has 0 unspecified atom stereocenters. The van der Waals surface area contributed by atoms with Crippen LogP contribution in [0.25, 0.3) is 4.85 Å². The zero-order chi connectivity index (χ0) is 8.48. The lowest BCUT2D eigenvalue weighted by atomic mass is 10.0. The molecule has 0 aromatic rings. The quantitative estimate of drug-likeness (QED) is 0.566. The molecule has 1 saturated carbocycles. The number of rotatable bonds is 3. The number of ketones is 1. The van der Waals surface area contributed by atoms with Gasteiger partial charge in [0, 0.05) is 19.3 Å². The Morgan fingerprint density at radius 2 is 2.18 bits per heavy atom. The molecule has 1 fully saturated rings. The van der Waals surface area contributed by atoms with Gasteiger partial charge in [0.25, 0.3) is 5.54 Å². The second-order valence-electron chi connectivity index (χ2n) is 3.66. The largest absolute Gasteiger partial charge is 0.302 e. The maximum absolute atomic E-state index is 11.4. The van der Waals surface area contributed by atoms with Crippen LogP contribution in [0.5, 0.6) is 0 Å². The molecule has 0 N–H and O–H groups in total. The van der Waals surface area contributed by atoms with Crippen molar-refractivity contribution in [2.24, 2.45) is 5.92 Å². The van der Waals surface area contributed by atoms with Crippen molar-refractivity contribution < 1.29 is 4.79 Å². The molecule has 0 spiro atoms. The summed E-state index contributed by atoms with van der Waals surface area (Å²) in [5, 5.41) is 0. The average Bonchev–Trinajstić information content (AvgIpc) is 2.65. The molecule has 1 rings (SSSR count). The molecular weight excluding hydrogens is 138 g/mol. The second-order valence-corrected chi connectivity index (χ2v) is 3.66. The number of Topliss-reactive ketones (excluding diaryl/α,β-unsaturated/α-hetero) is 1. The van der Waals surface area contributed by atoms with Crippen molar-refractivity contribution >= 4 is 5.78 Å². The highest BCUT2D eigenvalue weighted by molar-refractivity contribution is 5.93. The van der Waals surface area contributed by atoms with Crippen LogP contribution < -0.4 is 0 Å². The number of hydrogen-bond acceptors (Lipinski definition) is 1. The van der Waals surface area contributed by atoms with Crippen molar-refractivity contribution in [3.8, 4) is 0 Å². The Bertz CT molecular complexity index is 208. The fraction of sp³-hybridized carbons (Fsp3) is 0.778. The Labute approximate surface area is 67.4 Å². The normalized spacial score (nSPS) is 19.5. The lowest BCUT2D eigenvalue weighted by Gasteiger charge is -2.03. The predicted octanol–water partition coefficient (Wildman–Crippen LogP) is 2.05. The first-order chi connectivity index (χ1) is 5.10. The van der Waals surface area contributed by atoms with Crippen LogP contribution in [0.1, 0.15) is 33.1 Å². The van der Waals surface area contributed by atoms with Gasteiger partial charge in [0.1, 0.15) is 0 Å². The zero-order valence-corrected chi connectivity index (χ0v) is 7.05. The Morgan fingerprint density at radius 3 is 2.45 bits per heavy atom. The summed E-state index contributed by atoms with van der Waals surface area (Å²) in [5.74, 6) is 0.546. The van der Waals surface area contributed by atoms with Crippen LogP contribution in [0.2, 0.25) is 0 Å². The fourth-order valence-corrected chi connectivity index (χ4v) is 1.13. The highest BCUT2D eigenvalue weighted by Gasteiger charge is 2.57. The standard InChI is InChI=1S/C9H13NO/c1-7(2)6-8(11)9(10-3)4-5-9/h7H,4-6H2,1-2H3. The van der Waals surface area contributed by atoms with Crippen molar-refractivity contribution in [3.63, 3.8) is 0 Å². The number of hydrogen-bond donors (Lipinski definition) is 0. The third-order valence-electron chi connectivity index (χ3n) is 2.05. The Morgan fingerprint density at radius 1 is 1.64 bits per heavy atom. The van der Waals surface area contributed by atoms with Gasteiger partial charge < -0.3 is 4.85 Å². The monoisotopic (exact) mass is 151 g/mol.